The average Bonchev–Trinajstić information content (AvgIpc) is 2.70. The third-order valence-corrected chi connectivity index (χ3v) is 2.37. The molecule has 0 amide bonds. The van der Waals surface area contributed by atoms with Gasteiger partial charge in [-0.1, -0.05) is 6.07 Å². The second-order valence-electron chi connectivity index (χ2n) is 4.36. The molecule has 4 heteroatoms. The van der Waals surface area contributed by atoms with E-state index >= 15 is 0 Å². The number of nitrogens with one attached hydrogen (secondary N) is 1. The molecular weight excluding hydrogens is 202 g/mol. The molecule has 2 aromatic heterocycles. The lowest BCUT2D eigenvalue weighted by Crippen LogP contribution is -2.18. The molecule has 4 nitrogen and oxygen atoms in total. The third-order valence-electron chi connectivity index (χ3n) is 2.37. The van der Waals surface area contributed by atoms with Crippen molar-refractivity contribution in [2.24, 2.45) is 0 Å². The van der Waals surface area contributed by atoms with Gasteiger partial charge >= 0.3 is 0 Å². The Morgan fingerprint density at radius 1 is 1.38 bits per heavy atom. The summed E-state index contributed by atoms with van der Waals surface area (Å²) in [5, 5.41) is 16.5. The molecular formula is C12H15N3O. The molecule has 2 heterocycles. The monoisotopic (exact) mass is 217 g/mol. The van der Waals surface area contributed by atoms with Crippen LogP contribution in [0, 0.1) is 0 Å². The summed E-state index contributed by atoms with van der Waals surface area (Å²) < 4.78 is 0. The van der Waals surface area contributed by atoms with Crippen LogP contribution in [0.15, 0.2) is 30.6 Å². The zero-order valence-corrected chi connectivity index (χ0v) is 9.44. The van der Waals surface area contributed by atoms with E-state index in [4.69, 9.17) is 0 Å². The Kier molecular flexibility index (Phi) is 2.75. The number of hydrogen-bond donors (Lipinski definition) is 2. The maximum absolute atomic E-state index is 9.86. The maximum atomic E-state index is 9.86. The largest absolute Gasteiger partial charge is 0.384 e. The second kappa shape index (κ2) is 4.06. The molecule has 2 aromatic rings. The van der Waals surface area contributed by atoms with Crippen molar-refractivity contribution in [2.45, 2.75) is 25.9 Å². The van der Waals surface area contributed by atoms with Gasteiger partial charge in [0, 0.05) is 18.3 Å². The van der Waals surface area contributed by atoms with E-state index in [-0.39, 0.29) is 0 Å². The van der Waals surface area contributed by atoms with E-state index in [9.17, 15) is 5.11 Å². The predicted octanol–water partition coefficient (Wildman–Crippen LogP) is 1.62. The highest BCUT2D eigenvalue weighted by molar-refractivity contribution is 5.20. The van der Waals surface area contributed by atoms with Gasteiger partial charge in [0.1, 0.15) is 5.60 Å². The van der Waals surface area contributed by atoms with E-state index in [1.54, 1.807) is 20.0 Å². The molecule has 2 N–H and O–H groups in total. The van der Waals surface area contributed by atoms with Crippen molar-refractivity contribution in [1.29, 1.82) is 0 Å². The minimum absolute atomic E-state index is 0.688. The van der Waals surface area contributed by atoms with Gasteiger partial charge in [0.25, 0.3) is 0 Å². The van der Waals surface area contributed by atoms with Crippen LogP contribution in [0.4, 0.5) is 0 Å². The Labute approximate surface area is 94.4 Å². The molecule has 0 unspecified atom stereocenters. The van der Waals surface area contributed by atoms with Crippen LogP contribution in [-0.2, 0) is 12.0 Å². The zero-order valence-electron chi connectivity index (χ0n) is 9.44. The standard InChI is InChI=1S/C12H15N3O/c1-12(2,16)11-5-3-4-10(15-11)6-9-7-13-14-8-9/h3-5,7-8,16H,6H2,1-2H3,(H,13,14). The van der Waals surface area contributed by atoms with Crippen molar-refractivity contribution in [3.8, 4) is 0 Å². The van der Waals surface area contributed by atoms with Gasteiger partial charge in [0.15, 0.2) is 0 Å². The first kappa shape index (κ1) is 10.8. The summed E-state index contributed by atoms with van der Waals surface area (Å²) in [5.41, 5.74) is 1.81. The Morgan fingerprint density at radius 2 is 2.19 bits per heavy atom. The molecule has 0 atom stereocenters. The molecule has 0 aromatic carbocycles. The summed E-state index contributed by atoms with van der Waals surface area (Å²) in [6.07, 6.45) is 4.34. The summed E-state index contributed by atoms with van der Waals surface area (Å²) in [4.78, 5) is 4.43. The lowest BCUT2D eigenvalue weighted by atomic mass is 10.0. The second-order valence-corrected chi connectivity index (χ2v) is 4.36. The molecule has 84 valence electrons. The van der Waals surface area contributed by atoms with Crippen LogP contribution in [-0.4, -0.2) is 20.3 Å². The summed E-state index contributed by atoms with van der Waals surface area (Å²) in [6, 6.07) is 5.69. The first-order valence-electron chi connectivity index (χ1n) is 5.22. The first-order valence-corrected chi connectivity index (χ1v) is 5.22. The van der Waals surface area contributed by atoms with E-state index in [2.05, 4.69) is 15.2 Å². The van der Waals surface area contributed by atoms with E-state index < -0.39 is 5.60 Å². The Bertz CT molecular complexity index is 457. The van der Waals surface area contributed by atoms with Gasteiger partial charge < -0.3 is 5.11 Å². The summed E-state index contributed by atoms with van der Waals surface area (Å²) in [5.74, 6) is 0. The molecule has 0 aliphatic rings. The van der Waals surface area contributed by atoms with Crippen LogP contribution in [0.5, 0.6) is 0 Å². The molecule has 0 radical (unpaired) electrons. The van der Waals surface area contributed by atoms with Crippen molar-refractivity contribution in [3.63, 3.8) is 0 Å². The topological polar surface area (TPSA) is 61.8 Å². The first-order chi connectivity index (χ1) is 7.55. The van der Waals surface area contributed by atoms with Crippen LogP contribution in [0.25, 0.3) is 0 Å². The minimum Gasteiger partial charge on any atom is -0.384 e. The fourth-order valence-electron chi connectivity index (χ4n) is 1.50. The Balaban J connectivity index is 2.23. The van der Waals surface area contributed by atoms with E-state index in [1.807, 2.05) is 24.4 Å². The Hall–Kier alpha value is -1.68. The lowest BCUT2D eigenvalue weighted by molar-refractivity contribution is 0.0736. The van der Waals surface area contributed by atoms with Crippen LogP contribution in [0.2, 0.25) is 0 Å². The van der Waals surface area contributed by atoms with Crippen LogP contribution >= 0.6 is 0 Å². The normalized spacial score (nSPS) is 11.7. The number of aromatic amines is 1. The van der Waals surface area contributed by atoms with Crippen molar-refractivity contribution in [1.82, 2.24) is 15.2 Å². The van der Waals surface area contributed by atoms with Gasteiger partial charge in [-0.25, -0.2) is 0 Å². The summed E-state index contributed by atoms with van der Waals surface area (Å²) in [7, 11) is 0. The fourth-order valence-corrected chi connectivity index (χ4v) is 1.50. The number of aromatic nitrogens is 3. The Morgan fingerprint density at radius 3 is 2.81 bits per heavy atom. The molecule has 0 aliphatic heterocycles. The van der Waals surface area contributed by atoms with Crippen molar-refractivity contribution < 1.29 is 5.11 Å². The van der Waals surface area contributed by atoms with Crippen LogP contribution < -0.4 is 0 Å². The molecule has 0 bridgehead atoms. The molecule has 0 fully saturated rings. The van der Waals surface area contributed by atoms with Crippen molar-refractivity contribution in [3.05, 3.63) is 47.5 Å². The van der Waals surface area contributed by atoms with Gasteiger partial charge in [-0.05, 0) is 31.5 Å². The molecule has 0 saturated heterocycles. The average molecular weight is 217 g/mol. The van der Waals surface area contributed by atoms with Gasteiger partial charge in [-0.3, -0.25) is 10.1 Å². The minimum atomic E-state index is -0.896. The highest BCUT2D eigenvalue weighted by atomic mass is 16.3. The highest BCUT2D eigenvalue weighted by Crippen LogP contribution is 2.17. The molecule has 0 aliphatic carbocycles. The number of nitrogens with zero attached hydrogens (tertiary/aromatic N) is 2. The third kappa shape index (κ3) is 2.46. The quantitative estimate of drug-likeness (QED) is 0.821. The number of hydrogen-bond acceptors (Lipinski definition) is 3. The lowest BCUT2D eigenvalue weighted by Gasteiger charge is -2.16. The van der Waals surface area contributed by atoms with Crippen LogP contribution in [0.3, 0.4) is 0 Å². The number of rotatable bonds is 3. The fraction of sp³-hybridized carbons (Fsp3) is 0.333. The van der Waals surface area contributed by atoms with Gasteiger partial charge in [-0.15, -0.1) is 0 Å². The molecule has 2 rings (SSSR count). The van der Waals surface area contributed by atoms with Gasteiger partial charge in [0.05, 0.1) is 11.9 Å². The maximum Gasteiger partial charge on any atom is 0.101 e. The van der Waals surface area contributed by atoms with Crippen LogP contribution in [0.1, 0.15) is 30.8 Å². The van der Waals surface area contributed by atoms with Crippen molar-refractivity contribution in [2.75, 3.05) is 0 Å². The van der Waals surface area contributed by atoms with Crippen molar-refractivity contribution >= 4 is 0 Å². The van der Waals surface area contributed by atoms with Gasteiger partial charge in [-0.2, -0.15) is 5.10 Å². The number of pyridine rings is 1. The predicted molar refractivity (Wildman–Crippen MR) is 60.9 cm³/mol. The summed E-state index contributed by atoms with van der Waals surface area (Å²) in [6.45, 7) is 3.47. The van der Waals surface area contributed by atoms with Gasteiger partial charge in [0.2, 0.25) is 0 Å². The van der Waals surface area contributed by atoms with E-state index in [1.165, 1.54) is 0 Å². The SMILES string of the molecule is CC(C)(O)c1cccc(Cc2cn[nH]c2)n1. The highest BCUT2D eigenvalue weighted by Gasteiger charge is 2.17. The number of aliphatic hydroxyl groups is 1. The van der Waals surface area contributed by atoms with E-state index in [0.717, 1.165) is 17.7 Å². The molecule has 0 spiro atoms. The molecule has 0 saturated carbocycles. The molecule has 16 heavy (non-hydrogen) atoms. The van der Waals surface area contributed by atoms with E-state index in [0.29, 0.717) is 5.69 Å². The summed E-state index contributed by atoms with van der Waals surface area (Å²) >= 11 is 0. The number of H-pyrrole nitrogens is 1. The smallest absolute Gasteiger partial charge is 0.101 e. The zero-order chi connectivity index (χ0) is 11.6.